The molecule has 0 atom stereocenters. The van der Waals surface area contributed by atoms with Crippen molar-refractivity contribution in [2.75, 3.05) is 5.32 Å². The number of aryl methyl sites for hydroxylation is 2. The lowest BCUT2D eigenvalue weighted by atomic mass is 9.97. The van der Waals surface area contributed by atoms with E-state index in [0.717, 1.165) is 11.5 Å². The zero-order chi connectivity index (χ0) is 17.2. The van der Waals surface area contributed by atoms with Gasteiger partial charge < -0.3 is 9.73 Å². The zero-order valence-corrected chi connectivity index (χ0v) is 15.2. The van der Waals surface area contributed by atoms with Gasteiger partial charge in [-0.15, -0.1) is 0 Å². The van der Waals surface area contributed by atoms with Gasteiger partial charge in [0.2, 0.25) is 5.91 Å². The van der Waals surface area contributed by atoms with Gasteiger partial charge in [0.15, 0.2) is 5.89 Å². The van der Waals surface area contributed by atoms with E-state index in [1.165, 1.54) is 0 Å². The van der Waals surface area contributed by atoms with Crippen LogP contribution in [0.4, 0.5) is 5.69 Å². The molecule has 1 heterocycles. The number of carbonyl (C=O) groups excluding carboxylic acids is 1. The number of hydrogen-bond acceptors (Lipinski definition) is 3. The van der Waals surface area contributed by atoms with Crippen LogP contribution in [-0.4, -0.2) is 10.9 Å². The number of nitrogens with one attached hydrogen (secondary N) is 1. The third-order valence-corrected chi connectivity index (χ3v) is 3.88. The number of anilines is 1. The number of halogens is 2. The average Bonchev–Trinajstić information content (AvgIpc) is 2.82. The molecule has 1 amide bonds. The summed E-state index contributed by atoms with van der Waals surface area (Å²) in [5.41, 5.74) is 1.18. The molecule has 0 radical (unpaired) electrons. The summed E-state index contributed by atoms with van der Waals surface area (Å²) in [6.45, 7) is 8.00. The van der Waals surface area contributed by atoms with Gasteiger partial charge in [-0.25, -0.2) is 4.98 Å². The average molecular weight is 355 g/mol. The summed E-state index contributed by atoms with van der Waals surface area (Å²) in [7, 11) is 0. The fourth-order valence-electron chi connectivity index (χ4n) is 2.01. The maximum atomic E-state index is 12.1. The summed E-state index contributed by atoms with van der Waals surface area (Å²) < 4.78 is 5.78. The van der Waals surface area contributed by atoms with E-state index in [2.05, 4.69) is 10.3 Å². The van der Waals surface area contributed by atoms with Crippen LogP contribution in [0.25, 0.3) is 0 Å². The zero-order valence-electron chi connectivity index (χ0n) is 13.7. The van der Waals surface area contributed by atoms with Gasteiger partial charge in [0.1, 0.15) is 5.76 Å². The molecule has 0 aliphatic heterocycles. The molecule has 0 saturated heterocycles. The van der Waals surface area contributed by atoms with Crippen LogP contribution in [-0.2, 0) is 16.6 Å². The van der Waals surface area contributed by atoms with Gasteiger partial charge in [-0.05, 0) is 25.1 Å². The Hall–Kier alpha value is -1.52. The van der Waals surface area contributed by atoms with Crippen molar-refractivity contribution < 1.29 is 9.21 Å². The Morgan fingerprint density at radius 3 is 2.61 bits per heavy atom. The van der Waals surface area contributed by atoms with Crippen molar-refractivity contribution in [1.29, 1.82) is 0 Å². The summed E-state index contributed by atoms with van der Waals surface area (Å²) in [5, 5.41) is 3.73. The molecule has 0 unspecified atom stereocenters. The van der Waals surface area contributed by atoms with Crippen molar-refractivity contribution in [1.82, 2.24) is 4.98 Å². The highest BCUT2D eigenvalue weighted by Crippen LogP contribution is 2.26. The SMILES string of the molecule is Cc1nc(C(C)(C)C)oc1CCC(=O)Nc1cc(Cl)ccc1Cl. The first kappa shape index (κ1) is 17.8. The number of carbonyl (C=O) groups is 1. The van der Waals surface area contributed by atoms with E-state index >= 15 is 0 Å². The Kier molecular flexibility index (Phi) is 5.37. The van der Waals surface area contributed by atoms with Gasteiger partial charge in [0, 0.05) is 23.3 Å². The van der Waals surface area contributed by atoms with Gasteiger partial charge in [0.05, 0.1) is 16.4 Å². The first-order valence-corrected chi connectivity index (χ1v) is 8.14. The Bertz CT molecular complexity index is 718. The molecule has 0 spiro atoms. The first-order valence-electron chi connectivity index (χ1n) is 7.38. The topological polar surface area (TPSA) is 55.1 Å². The van der Waals surface area contributed by atoms with Crippen LogP contribution >= 0.6 is 23.2 Å². The Balaban J connectivity index is 2.00. The van der Waals surface area contributed by atoms with E-state index in [1.807, 2.05) is 27.7 Å². The Morgan fingerprint density at radius 2 is 2.00 bits per heavy atom. The maximum absolute atomic E-state index is 12.1. The molecule has 6 heteroatoms. The number of oxazole rings is 1. The number of aromatic nitrogens is 1. The second kappa shape index (κ2) is 6.93. The van der Waals surface area contributed by atoms with Crippen molar-refractivity contribution in [2.24, 2.45) is 0 Å². The summed E-state index contributed by atoms with van der Waals surface area (Å²) in [6, 6.07) is 4.94. The summed E-state index contributed by atoms with van der Waals surface area (Å²) >= 11 is 11.9. The standard InChI is InChI=1S/C17H20Cl2N2O2/c1-10-14(23-16(20-10)17(2,3)4)7-8-15(22)21-13-9-11(18)5-6-12(13)19/h5-6,9H,7-8H2,1-4H3,(H,21,22). The lowest BCUT2D eigenvalue weighted by Gasteiger charge is -2.12. The molecule has 4 nitrogen and oxygen atoms in total. The van der Waals surface area contributed by atoms with E-state index < -0.39 is 0 Å². The number of benzene rings is 1. The monoisotopic (exact) mass is 354 g/mol. The molecular weight excluding hydrogens is 335 g/mol. The molecule has 1 aromatic heterocycles. The maximum Gasteiger partial charge on any atom is 0.224 e. The van der Waals surface area contributed by atoms with Crippen LogP contribution in [0.5, 0.6) is 0 Å². The van der Waals surface area contributed by atoms with Gasteiger partial charge in [0.25, 0.3) is 0 Å². The molecule has 0 saturated carbocycles. The van der Waals surface area contributed by atoms with Crippen LogP contribution in [0.1, 0.15) is 44.5 Å². The highest BCUT2D eigenvalue weighted by atomic mass is 35.5. The largest absolute Gasteiger partial charge is 0.445 e. The molecule has 2 rings (SSSR count). The van der Waals surface area contributed by atoms with Crippen molar-refractivity contribution >= 4 is 34.8 Å². The lowest BCUT2D eigenvalue weighted by molar-refractivity contribution is -0.116. The van der Waals surface area contributed by atoms with Crippen LogP contribution in [0.15, 0.2) is 22.6 Å². The van der Waals surface area contributed by atoms with E-state index in [1.54, 1.807) is 18.2 Å². The van der Waals surface area contributed by atoms with Crippen molar-refractivity contribution in [3.63, 3.8) is 0 Å². The molecule has 124 valence electrons. The van der Waals surface area contributed by atoms with Crippen LogP contribution < -0.4 is 5.32 Å². The molecule has 1 aromatic carbocycles. The second-order valence-corrected chi connectivity index (χ2v) is 7.29. The molecule has 0 fully saturated rings. The predicted molar refractivity (Wildman–Crippen MR) is 93.4 cm³/mol. The third-order valence-electron chi connectivity index (χ3n) is 3.32. The van der Waals surface area contributed by atoms with Crippen LogP contribution in [0.2, 0.25) is 10.0 Å². The fourth-order valence-corrected chi connectivity index (χ4v) is 2.35. The smallest absolute Gasteiger partial charge is 0.224 e. The van der Waals surface area contributed by atoms with Crippen LogP contribution in [0, 0.1) is 6.92 Å². The Labute approximate surface area is 146 Å². The highest BCUT2D eigenvalue weighted by Gasteiger charge is 2.22. The van der Waals surface area contributed by atoms with Crippen LogP contribution in [0.3, 0.4) is 0 Å². The quantitative estimate of drug-likeness (QED) is 0.824. The van der Waals surface area contributed by atoms with E-state index in [0.29, 0.717) is 28.0 Å². The number of hydrogen-bond donors (Lipinski definition) is 1. The number of amides is 1. The number of rotatable bonds is 4. The molecule has 0 aliphatic carbocycles. The van der Waals surface area contributed by atoms with Gasteiger partial charge >= 0.3 is 0 Å². The normalized spacial score (nSPS) is 11.6. The van der Waals surface area contributed by atoms with E-state index in [4.69, 9.17) is 27.6 Å². The minimum atomic E-state index is -0.153. The fraction of sp³-hybridized carbons (Fsp3) is 0.412. The van der Waals surface area contributed by atoms with Crippen molar-refractivity contribution in [2.45, 2.75) is 46.0 Å². The number of nitrogens with zero attached hydrogens (tertiary/aromatic N) is 1. The third kappa shape index (κ3) is 4.72. The van der Waals surface area contributed by atoms with E-state index in [9.17, 15) is 4.79 Å². The lowest BCUT2D eigenvalue weighted by Crippen LogP contribution is -2.13. The highest BCUT2D eigenvalue weighted by molar-refractivity contribution is 6.35. The molecule has 1 N–H and O–H groups in total. The molecule has 23 heavy (non-hydrogen) atoms. The minimum absolute atomic E-state index is 0.151. The van der Waals surface area contributed by atoms with Crippen molar-refractivity contribution in [3.05, 3.63) is 45.6 Å². The van der Waals surface area contributed by atoms with Gasteiger partial charge in [-0.2, -0.15) is 0 Å². The van der Waals surface area contributed by atoms with Gasteiger partial charge in [-0.1, -0.05) is 44.0 Å². The minimum Gasteiger partial charge on any atom is -0.445 e. The summed E-state index contributed by atoms with van der Waals surface area (Å²) in [4.78, 5) is 16.5. The summed E-state index contributed by atoms with van der Waals surface area (Å²) in [5.74, 6) is 1.27. The predicted octanol–water partition coefficient (Wildman–Crippen LogP) is 5.16. The molecule has 0 bridgehead atoms. The van der Waals surface area contributed by atoms with E-state index in [-0.39, 0.29) is 17.7 Å². The molecule has 0 aliphatic rings. The van der Waals surface area contributed by atoms with Crippen molar-refractivity contribution in [3.8, 4) is 0 Å². The summed E-state index contributed by atoms with van der Waals surface area (Å²) in [6.07, 6.45) is 0.765. The first-order chi connectivity index (χ1) is 10.7. The second-order valence-electron chi connectivity index (χ2n) is 6.45. The molecule has 2 aromatic rings. The Morgan fingerprint density at radius 1 is 1.30 bits per heavy atom. The van der Waals surface area contributed by atoms with Gasteiger partial charge in [-0.3, -0.25) is 4.79 Å². The molecular formula is C17H20Cl2N2O2.